The van der Waals surface area contributed by atoms with E-state index in [2.05, 4.69) is 120 Å². The van der Waals surface area contributed by atoms with Gasteiger partial charge in [-0.05, 0) is 101 Å². The summed E-state index contributed by atoms with van der Waals surface area (Å²) in [5.41, 5.74) is 9.42. The molecular formula is C38H31N. The summed E-state index contributed by atoms with van der Waals surface area (Å²) in [6, 6.07) is 34.1. The molecule has 2 aliphatic rings. The fourth-order valence-electron chi connectivity index (χ4n) is 7.01. The fourth-order valence-corrected chi connectivity index (χ4v) is 7.01. The lowest BCUT2D eigenvalue weighted by Gasteiger charge is -2.19. The van der Waals surface area contributed by atoms with Gasteiger partial charge in [0.1, 0.15) is 0 Å². The molecule has 0 unspecified atom stereocenters. The van der Waals surface area contributed by atoms with Crippen LogP contribution in [0.1, 0.15) is 44.1 Å². The lowest BCUT2D eigenvalue weighted by Crippen LogP contribution is -2.00. The lowest BCUT2D eigenvalue weighted by atomic mass is 9.84. The third-order valence-corrected chi connectivity index (χ3v) is 8.73. The Morgan fingerprint density at radius 2 is 1.18 bits per heavy atom. The van der Waals surface area contributed by atoms with Crippen LogP contribution in [0.25, 0.3) is 65.7 Å². The van der Waals surface area contributed by atoms with E-state index in [0.29, 0.717) is 0 Å². The molecule has 1 heteroatoms. The van der Waals surface area contributed by atoms with Crippen LogP contribution in [0.5, 0.6) is 0 Å². The second-order valence-corrected chi connectivity index (χ2v) is 11.0. The average Bonchev–Trinajstić information content (AvgIpc) is 3.34. The Morgan fingerprint density at radius 3 is 1.85 bits per heavy atom. The molecule has 8 rings (SSSR count). The Hall–Kier alpha value is -4.36. The Balaban J connectivity index is 1.45. The highest BCUT2D eigenvalue weighted by molar-refractivity contribution is 6.20. The standard InChI is InChI=1S/C38H31N/c1-3-13-26(14-4-1)37-30-18-7-9-20-32(30)38(33-21-10-8-19-31(33)37)27-23-24-36-34(25-27)29-17-11-12-22-35(29)39(36)28-15-5-2-6-16-28/h3,7-15,17-25H,1-2,4-6,16H2. The predicted octanol–water partition coefficient (Wildman–Crippen LogP) is 10.9. The van der Waals surface area contributed by atoms with Gasteiger partial charge in [-0.2, -0.15) is 0 Å². The zero-order valence-electron chi connectivity index (χ0n) is 22.2. The van der Waals surface area contributed by atoms with Crippen LogP contribution < -0.4 is 0 Å². The topological polar surface area (TPSA) is 4.93 Å². The molecule has 188 valence electrons. The zero-order chi connectivity index (χ0) is 25.8. The average molecular weight is 502 g/mol. The van der Waals surface area contributed by atoms with Gasteiger partial charge in [0, 0.05) is 16.5 Å². The second kappa shape index (κ2) is 9.13. The Bertz CT molecular complexity index is 1950. The number of allylic oxidation sites excluding steroid dienone is 6. The van der Waals surface area contributed by atoms with Crippen molar-refractivity contribution in [2.75, 3.05) is 0 Å². The highest BCUT2D eigenvalue weighted by Gasteiger charge is 2.20. The first-order chi connectivity index (χ1) is 19.4. The van der Waals surface area contributed by atoms with Gasteiger partial charge < -0.3 is 4.57 Å². The number of para-hydroxylation sites is 1. The third-order valence-electron chi connectivity index (χ3n) is 8.73. The molecule has 0 radical (unpaired) electrons. The highest BCUT2D eigenvalue weighted by atomic mass is 15.0. The van der Waals surface area contributed by atoms with Crippen molar-refractivity contribution in [1.29, 1.82) is 0 Å². The minimum Gasteiger partial charge on any atom is -0.313 e. The summed E-state index contributed by atoms with van der Waals surface area (Å²) in [5.74, 6) is 0. The van der Waals surface area contributed by atoms with Gasteiger partial charge in [0.15, 0.2) is 0 Å². The van der Waals surface area contributed by atoms with Crippen LogP contribution >= 0.6 is 0 Å². The maximum atomic E-state index is 2.52. The van der Waals surface area contributed by atoms with Gasteiger partial charge in [-0.15, -0.1) is 0 Å². The van der Waals surface area contributed by atoms with Gasteiger partial charge in [0.2, 0.25) is 0 Å². The minimum absolute atomic E-state index is 1.10. The molecule has 0 spiro atoms. The molecule has 0 aliphatic heterocycles. The van der Waals surface area contributed by atoms with Gasteiger partial charge in [-0.25, -0.2) is 0 Å². The number of fused-ring (bicyclic) bond motifs is 5. The van der Waals surface area contributed by atoms with Gasteiger partial charge in [-0.1, -0.05) is 97.1 Å². The largest absolute Gasteiger partial charge is 0.313 e. The smallest absolute Gasteiger partial charge is 0.0538 e. The molecule has 5 aromatic carbocycles. The van der Waals surface area contributed by atoms with Gasteiger partial charge in [0.25, 0.3) is 0 Å². The summed E-state index contributed by atoms with van der Waals surface area (Å²) in [6.45, 7) is 0. The van der Waals surface area contributed by atoms with Crippen LogP contribution in [0.15, 0.2) is 115 Å². The van der Waals surface area contributed by atoms with Crippen molar-refractivity contribution in [2.24, 2.45) is 0 Å². The molecule has 0 amide bonds. The normalized spacial score (nSPS) is 15.8. The van der Waals surface area contributed by atoms with E-state index < -0.39 is 0 Å². The van der Waals surface area contributed by atoms with Crippen LogP contribution in [0, 0.1) is 0 Å². The molecule has 2 aliphatic carbocycles. The van der Waals surface area contributed by atoms with Crippen molar-refractivity contribution < 1.29 is 0 Å². The molecule has 0 atom stereocenters. The first-order valence-electron chi connectivity index (χ1n) is 14.4. The fraction of sp³-hybridized carbons (Fsp3) is 0.158. The number of rotatable bonds is 3. The summed E-state index contributed by atoms with van der Waals surface area (Å²) in [5, 5.41) is 7.99. The van der Waals surface area contributed by atoms with E-state index in [0.717, 1.165) is 19.3 Å². The maximum Gasteiger partial charge on any atom is 0.0538 e. The summed E-state index contributed by atoms with van der Waals surface area (Å²) in [7, 11) is 0. The van der Waals surface area contributed by atoms with Crippen LogP contribution in [-0.2, 0) is 0 Å². The molecule has 39 heavy (non-hydrogen) atoms. The van der Waals surface area contributed by atoms with Crippen LogP contribution in [0.2, 0.25) is 0 Å². The van der Waals surface area contributed by atoms with Crippen LogP contribution in [0.3, 0.4) is 0 Å². The second-order valence-electron chi connectivity index (χ2n) is 11.0. The molecular weight excluding hydrogens is 470 g/mol. The van der Waals surface area contributed by atoms with E-state index >= 15 is 0 Å². The molecule has 0 fully saturated rings. The van der Waals surface area contributed by atoms with Crippen LogP contribution in [0.4, 0.5) is 0 Å². The summed E-state index contributed by atoms with van der Waals surface area (Å²) >= 11 is 0. The van der Waals surface area contributed by atoms with Crippen molar-refractivity contribution in [1.82, 2.24) is 4.57 Å². The number of benzene rings is 5. The number of nitrogens with zero attached hydrogens (tertiary/aromatic N) is 1. The molecule has 0 saturated heterocycles. The first kappa shape index (κ1) is 22.6. The zero-order valence-corrected chi connectivity index (χ0v) is 22.2. The SMILES string of the molecule is C1=CC(c2c3ccccc3c(-c3ccc4c(c3)c3ccccc3n4C3=CCCCC3)c3ccccc23)=CCC1. The molecule has 1 heterocycles. The molecule has 6 aromatic rings. The van der Waals surface area contributed by atoms with E-state index in [9.17, 15) is 0 Å². The van der Waals surface area contributed by atoms with Crippen molar-refractivity contribution in [3.05, 3.63) is 121 Å². The highest BCUT2D eigenvalue weighted by Crippen LogP contribution is 2.44. The Labute approximate surface area is 229 Å². The molecule has 1 nitrogen and oxygen atoms in total. The Morgan fingerprint density at radius 1 is 0.513 bits per heavy atom. The van der Waals surface area contributed by atoms with Crippen molar-refractivity contribution in [2.45, 2.75) is 38.5 Å². The predicted molar refractivity (Wildman–Crippen MR) is 169 cm³/mol. The summed E-state index contributed by atoms with van der Waals surface area (Å²) in [4.78, 5) is 0. The van der Waals surface area contributed by atoms with Crippen molar-refractivity contribution in [3.8, 4) is 11.1 Å². The monoisotopic (exact) mass is 501 g/mol. The summed E-state index contributed by atoms with van der Waals surface area (Å²) in [6.07, 6.45) is 16.6. The molecule has 1 aromatic heterocycles. The van der Waals surface area contributed by atoms with Crippen LogP contribution in [-0.4, -0.2) is 4.57 Å². The molecule has 0 saturated carbocycles. The quantitative estimate of drug-likeness (QED) is 0.213. The molecule has 0 bridgehead atoms. The van der Waals surface area contributed by atoms with Gasteiger partial charge in [-0.3, -0.25) is 0 Å². The van der Waals surface area contributed by atoms with Gasteiger partial charge >= 0.3 is 0 Å². The third kappa shape index (κ3) is 3.53. The molecule has 0 N–H and O–H groups in total. The van der Waals surface area contributed by atoms with E-state index in [4.69, 9.17) is 0 Å². The maximum absolute atomic E-state index is 2.52. The number of hydrogen-bond donors (Lipinski definition) is 0. The van der Waals surface area contributed by atoms with E-state index in [-0.39, 0.29) is 0 Å². The summed E-state index contributed by atoms with van der Waals surface area (Å²) < 4.78 is 2.52. The van der Waals surface area contributed by atoms with Crippen molar-refractivity contribution >= 4 is 54.6 Å². The van der Waals surface area contributed by atoms with E-state index in [1.54, 1.807) is 0 Å². The lowest BCUT2D eigenvalue weighted by molar-refractivity contribution is 0.724. The first-order valence-corrected chi connectivity index (χ1v) is 14.4. The van der Waals surface area contributed by atoms with E-state index in [1.807, 2.05) is 0 Å². The van der Waals surface area contributed by atoms with Crippen molar-refractivity contribution in [3.63, 3.8) is 0 Å². The minimum atomic E-state index is 1.10. The number of aromatic nitrogens is 1. The van der Waals surface area contributed by atoms with E-state index in [1.165, 1.54) is 90.6 Å². The van der Waals surface area contributed by atoms with Gasteiger partial charge in [0.05, 0.1) is 11.0 Å². The Kier molecular flexibility index (Phi) is 5.29. The number of hydrogen-bond acceptors (Lipinski definition) is 0.